The van der Waals surface area contributed by atoms with Crippen LogP contribution >= 0.6 is 35.0 Å². The Bertz CT molecular complexity index is 1160. The van der Waals surface area contributed by atoms with Crippen molar-refractivity contribution >= 4 is 52.5 Å². The van der Waals surface area contributed by atoms with Crippen molar-refractivity contribution < 1.29 is 9.59 Å². The van der Waals surface area contributed by atoms with E-state index in [0.29, 0.717) is 38.8 Å². The normalized spacial score (nSPS) is 11.6. The van der Waals surface area contributed by atoms with Gasteiger partial charge in [-0.25, -0.2) is 0 Å². The van der Waals surface area contributed by atoms with Gasteiger partial charge in [0.2, 0.25) is 5.91 Å². The monoisotopic (exact) mass is 503 g/mol. The number of rotatable bonds is 9. The van der Waals surface area contributed by atoms with Crippen LogP contribution in [0.2, 0.25) is 10.0 Å². The van der Waals surface area contributed by atoms with E-state index in [0.717, 1.165) is 5.56 Å². The van der Waals surface area contributed by atoms with Crippen LogP contribution in [0.25, 0.3) is 0 Å². The van der Waals surface area contributed by atoms with Crippen LogP contribution in [0.5, 0.6) is 0 Å². The van der Waals surface area contributed by atoms with Gasteiger partial charge in [-0.05, 0) is 44.2 Å². The molecule has 7 nitrogen and oxygen atoms in total. The lowest BCUT2D eigenvalue weighted by molar-refractivity contribution is -0.113. The molecule has 0 saturated heterocycles. The topological polar surface area (TPSA) is 88.9 Å². The van der Waals surface area contributed by atoms with E-state index in [9.17, 15) is 9.59 Å². The molecule has 0 fully saturated rings. The Morgan fingerprint density at radius 3 is 2.55 bits per heavy atom. The smallest absolute Gasteiger partial charge is 0.251 e. The van der Waals surface area contributed by atoms with Crippen LogP contribution in [0.1, 0.15) is 34.7 Å². The van der Waals surface area contributed by atoms with Crippen molar-refractivity contribution in [1.82, 2.24) is 20.1 Å². The average Bonchev–Trinajstić information content (AvgIpc) is 3.18. The number of hydrogen-bond acceptors (Lipinski definition) is 5. The van der Waals surface area contributed by atoms with Crippen LogP contribution in [-0.4, -0.2) is 32.3 Å². The highest BCUT2D eigenvalue weighted by Gasteiger charge is 2.20. The zero-order chi connectivity index (χ0) is 24.0. The molecule has 3 rings (SSSR count). The van der Waals surface area contributed by atoms with Crippen molar-refractivity contribution in [3.8, 4) is 0 Å². The zero-order valence-electron chi connectivity index (χ0n) is 18.1. The summed E-state index contributed by atoms with van der Waals surface area (Å²) in [6, 6.07) is 11.8. The molecular formula is C23H23Cl2N5O2S. The van der Waals surface area contributed by atoms with Crippen LogP contribution in [0, 0.1) is 6.92 Å². The number of allylic oxidation sites excluding steroid dienone is 1. The predicted molar refractivity (Wildman–Crippen MR) is 133 cm³/mol. The Kier molecular flexibility index (Phi) is 8.55. The molecule has 172 valence electrons. The van der Waals surface area contributed by atoms with Crippen molar-refractivity contribution in [3.05, 3.63) is 82.1 Å². The van der Waals surface area contributed by atoms with Gasteiger partial charge in [0, 0.05) is 17.8 Å². The second-order valence-electron chi connectivity index (χ2n) is 7.27. The molecule has 10 heteroatoms. The molecule has 0 aliphatic rings. The van der Waals surface area contributed by atoms with E-state index in [2.05, 4.69) is 27.4 Å². The summed E-state index contributed by atoms with van der Waals surface area (Å²) in [5, 5.41) is 15.5. The van der Waals surface area contributed by atoms with Gasteiger partial charge >= 0.3 is 0 Å². The summed E-state index contributed by atoms with van der Waals surface area (Å²) in [7, 11) is 0. The molecule has 0 unspecified atom stereocenters. The second-order valence-corrected chi connectivity index (χ2v) is 9.02. The van der Waals surface area contributed by atoms with Crippen molar-refractivity contribution in [3.63, 3.8) is 0 Å². The van der Waals surface area contributed by atoms with Gasteiger partial charge in [0.1, 0.15) is 0 Å². The molecule has 3 aromatic rings. The lowest BCUT2D eigenvalue weighted by Gasteiger charge is -2.15. The van der Waals surface area contributed by atoms with E-state index in [1.807, 2.05) is 30.5 Å². The van der Waals surface area contributed by atoms with E-state index in [4.69, 9.17) is 23.2 Å². The molecule has 0 saturated carbocycles. The zero-order valence-corrected chi connectivity index (χ0v) is 20.5. The molecule has 1 aromatic heterocycles. The first-order valence-electron chi connectivity index (χ1n) is 10.1. The van der Waals surface area contributed by atoms with Gasteiger partial charge in [0.05, 0.1) is 21.8 Å². The predicted octanol–water partition coefficient (Wildman–Crippen LogP) is 5.30. The molecule has 2 aromatic carbocycles. The number of carbonyl (C=O) groups is 2. The van der Waals surface area contributed by atoms with Gasteiger partial charge in [0.15, 0.2) is 11.0 Å². The minimum absolute atomic E-state index is 0.111. The molecule has 2 amide bonds. The largest absolute Gasteiger partial charge is 0.342 e. The number of aryl methyl sites for hydroxylation is 1. The summed E-state index contributed by atoms with van der Waals surface area (Å²) >= 11 is 13.1. The van der Waals surface area contributed by atoms with Crippen molar-refractivity contribution in [2.75, 3.05) is 11.1 Å². The van der Waals surface area contributed by atoms with Crippen LogP contribution in [0.15, 0.2) is 60.3 Å². The number of benzene rings is 2. The summed E-state index contributed by atoms with van der Waals surface area (Å²) in [5.41, 5.74) is 2.20. The first-order chi connectivity index (χ1) is 15.8. The number of halogens is 2. The lowest BCUT2D eigenvalue weighted by Crippen LogP contribution is -2.28. The number of amides is 2. The Balaban J connectivity index is 1.65. The summed E-state index contributed by atoms with van der Waals surface area (Å²) < 4.78 is 1.82. The van der Waals surface area contributed by atoms with Gasteiger partial charge in [0.25, 0.3) is 5.91 Å². The minimum atomic E-state index is -0.398. The van der Waals surface area contributed by atoms with Gasteiger partial charge in [-0.2, -0.15) is 0 Å². The first-order valence-corrected chi connectivity index (χ1v) is 11.8. The van der Waals surface area contributed by atoms with E-state index in [1.165, 1.54) is 11.8 Å². The molecular weight excluding hydrogens is 481 g/mol. The second kappa shape index (κ2) is 11.4. The summed E-state index contributed by atoms with van der Waals surface area (Å²) in [6.45, 7) is 8.02. The lowest BCUT2D eigenvalue weighted by atomic mass is 10.1. The maximum atomic E-state index is 12.6. The average molecular weight is 504 g/mol. The molecule has 0 aliphatic carbocycles. The number of hydrogen-bond donors (Lipinski definition) is 2. The molecule has 1 atom stereocenters. The molecule has 33 heavy (non-hydrogen) atoms. The summed E-state index contributed by atoms with van der Waals surface area (Å²) in [4.78, 5) is 25.0. The van der Waals surface area contributed by atoms with Gasteiger partial charge < -0.3 is 15.2 Å². The molecule has 0 aliphatic heterocycles. The SMILES string of the molecule is C=CCn1c(SCC(=O)Nc2ccc(Cl)c(Cl)c2)nnc1[C@H](C)NC(=O)c1ccc(C)cc1. The number of nitrogens with zero attached hydrogens (tertiary/aromatic N) is 3. The van der Waals surface area contributed by atoms with Crippen LogP contribution in [-0.2, 0) is 11.3 Å². The molecule has 0 spiro atoms. The number of nitrogens with one attached hydrogen (secondary N) is 2. The molecule has 0 radical (unpaired) electrons. The van der Waals surface area contributed by atoms with Gasteiger partial charge in [-0.3, -0.25) is 9.59 Å². The summed E-state index contributed by atoms with van der Waals surface area (Å²) in [5.74, 6) is 0.252. The fourth-order valence-electron chi connectivity index (χ4n) is 2.98. The highest BCUT2D eigenvalue weighted by atomic mass is 35.5. The Hall–Kier alpha value is -2.81. The standard InChI is InChI=1S/C23H23Cl2N5O2S/c1-4-11-30-21(15(3)26-22(32)16-7-5-14(2)6-8-16)28-29-23(30)33-13-20(31)27-17-9-10-18(24)19(25)12-17/h4-10,12,15H,1,11,13H2,2-3H3,(H,26,32)(H,27,31)/t15-/m0/s1. The van der Waals surface area contributed by atoms with Crippen molar-refractivity contribution in [2.45, 2.75) is 31.6 Å². The van der Waals surface area contributed by atoms with Crippen molar-refractivity contribution in [2.24, 2.45) is 0 Å². The summed E-state index contributed by atoms with van der Waals surface area (Å²) in [6.07, 6.45) is 1.71. The molecule has 2 N–H and O–H groups in total. The van der Waals surface area contributed by atoms with Crippen LogP contribution < -0.4 is 10.6 Å². The third-order valence-corrected chi connectivity index (χ3v) is 6.35. The minimum Gasteiger partial charge on any atom is -0.342 e. The number of carbonyl (C=O) groups excluding carboxylic acids is 2. The Labute approximate surface area is 206 Å². The van der Waals surface area contributed by atoms with E-state index >= 15 is 0 Å². The molecule has 1 heterocycles. The quantitative estimate of drug-likeness (QED) is 0.305. The van der Waals surface area contributed by atoms with Crippen molar-refractivity contribution in [1.29, 1.82) is 0 Å². The number of thioether (sulfide) groups is 1. The maximum absolute atomic E-state index is 12.6. The Morgan fingerprint density at radius 1 is 1.15 bits per heavy atom. The number of aromatic nitrogens is 3. The molecule has 0 bridgehead atoms. The van der Waals surface area contributed by atoms with Crippen LogP contribution in [0.4, 0.5) is 5.69 Å². The third-order valence-electron chi connectivity index (χ3n) is 4.64. The first kappa shape index (κ1) is 24.8. The highest BCUT2D eigenvalue weighted by Crippen LogP contribution is 2.26. The van der Waals surface area contributed by atoms with E-state index < -0.39 is 6.04 Å². The fourth-order valence-corrected chi connectivity index (χ4v) is 4.03. The van der Waals surface area contributed by atoms with E-state index in [1.54, 1.807) is 36.4 Å². The van der Waals surface area contributed by atoms with Gasteiger partial charge in [-0.1, -0.05) is 58.7 Å². The number of anilines is 1. The Morgan fingerprint density at radius 2 is 1.88 bits per heavy atom. The maximum Gasteiger partial charge on any atom is 0.251 e. The van der Waals surface area contributed by atoms with Crippen LogP contribution in [0.3, 0.4) is 0 Å². The third kappa shape index (κ3) is 6.60. The fraction of sp³-hybridized carbons (Fsp3) is 0.217. The van der Waals surface area contributed by atoms with E-state index in [-0.39, 0.29) is 17.6 Å². The highest BCUT2D eigenvalue weighted by molar-refractivity contribution is 7.99. The van der Waals surface area contributed by atoms with Gasteiger partial charge in [-0.15, -0.1) is 16.8 Å².